The molecule has 0 saturated carbocycles. The van der Waals surface area contributed by atoms with Crippen LogP contribution in [0.3, 0.4) is 0 Å². The van der Waals surface area contributed by atoms with Gasteiger partial charge in [-0.05, 0) is 106 Å². The van der Waals surface area contributed by atoms with Gasteiger partial charge in [-0.2, -0.15) is 0 Å². The van der Waals surface area contributed by atoms with E-state index in [1.807, 2.05) is 41.5 Å². The number of piperidine rings is 2. The van der Waals surface area contributed by atoms with E-state index in [1.165, 1.54) is 0 Å². The maximum absolute atomic E-state index is 12.8. The van der Waals surface area contributed by atoms with Crippen LogP contribution in [-0.2, 0) is 9.47 Å². The third-order valence-electron chi connectivity index (χ3n) is 6.12. The number of unbranched alkanes of at least 4 members (excludes halogenated alkanes) is 1. The molecule has 0 aromatic carbocycles. The van der Waals surface area contributed by atoms with Crippen LogP contribution >= 0.6 is 0 Å². The van der Waals surface area contributed by atoms with Crippen molar-refractivity contribution in [3.8, 4) is 0 Å². The van der Waals surface area contributed by atoms with Crippen molar-refractivity contribution in [3.63, 3.8) is 0 Å². The van der Waals surface area contributed by atoms with E-state index >= 15 is 0 Å². The molecule has 0 aromatic rings. The highest BCUT2D eigenvalue weighted by Gasteiger charge is 2.33. The van der Waals surface area contributed by atoms with Gasteiger partial charge >= 0.3 is 12.2 Å². The predicted octanol–water partition coefficient (Wildman–Crippen LogP) is 3.45. The Balaban J connectivity index is 1.72. The second kappa shape index (κ2) is 12.9. The smallest absolute Gasteiger partial charge is 0.412 e. The Morgan fingerprint density at radius 1 is 1.00 bits per heavy atom. The van der Waals surface area contributed by atoms with Crippen LogP contribution < -0.4 is 10.6 Å². The van der Waals surface area contributed by atoms with Crippen LogP contribution in [0, 0.1) is 0 Å². The minimum absolute atomic E-state index is 0.00241. The number of rotatable bonds is 8. The molecule has 0 bridgehead atoms. The topological polar surface area (TPSA) is 103 Å². The Kier molecular flexibility index (Phi) is 10.9. The maximum atomic E-state index is 12.8. The molecule has 0 radical (unpaired) electrons. The summed E-state index contributed by atoms with van der Waals surface area (Å²) < 4.78 is 10.9. The van der Waals surface area contributed by atoms with E-state index in [1.54, 1.807) is 4.90 Å². The molecule has 34 heavy (non-hydrogen) atoms. The van der Waals surface area contributed by atoms with Crippen molar-refractivity contribution in [2.24, 2.45) is 0 Å². The first-order chi connectivity index (χ1) is 15.8. The van der Waals surface area contributed by atoms with E-state index in [9.17, 15) is 14.7 Å². The standard InChI is InChI=1S/C25H48N4O5/c1-24(2,3)33-22(31)27-19-12-17-28(18-13-19)16-8-7-9-21(30)29(20-10-14-26-15-11-20)23(32)34-25(4,5)6/h19-21,26,30H,7-18H2,1-6H3,(H,27,31). The number of carbonyl (C=O) groups is 2. The van der Waals surface area contributed by atoms with Crippen molar-refractivity contribution in [2.75, 3.05) is 32.7 Å². The fraction of sp³-hybridized carbons (Fsp3) is 0.920. The number of aliphatic hydroxyl groups is 1. The van der Waals surface area contributed by atoms with Crippen molar-refractivity contribution in [1.82, 2.24) is 20.4 Å². The van der Waals surface area contributed by atoms with Gasteiger partial charge in [-0.1, -0.05) is 0 Å². The summed E-state index contributed by atoms with van der Waals surface area (Å²) in [5, 5.41) is 17.2. The van der Waals surface area contributed by atoms with Crippen LogP contribution in [0.15, 0.2) is 0 Å². The van der Waals surface area contributed by atoms with E-state index in [0.29, 0.717) is 6.42 Å². The van der Waals surface area contributed by atoms with E-state index in [-0.39, 0.29) is 18.2 Å². The lowest BCUT2D eigenvalue weighted by molar-refractivity contribution is -0.0556. The molecule has 2 rings (SSSR count). The van der Waals surface area contributed by atoms with Crippen molar-refractivity contribution in [3.05, 3.63) is 0 Å². The van der Waals surface area contributed by atoms with Gasteiger partial charge in [0.05, 0.1) is 0 Å². The number of carbonyl (C=O) groups excluding carboxylic acids is 2. The molecule has 2 fully saturated rings. The zero-order valence-electron chi connectivity index (χ0n) is 22.2. The quantitative estimate of drug-likeness (QED) is 0.358. The number of ether oxygens (including phenoxy) is 2. The Bertz CT molecular complexity index is 632. The van der Waals surface area contributed by atoms with Crippen LogP contribution in [0.2, 0.25) is 0 Å². The zero-order valence-corrected chi connectivity index (χ0v) is 22.2. The van der Waals surface area contributed by atoms with E-state index < -0.39 is 23.5 Å². The molecule has 2 heterocycles. The van der Waals surface area contributed by atoms with Crippen molar-refractivity contribution in [2.45, 2.75) is 116 Å². The number of aliphatic hydroxyl groups excluding tert-OH is 1. The summed E-state index contributed by atoms with van der Waals surface area (Å²) >= 11 is 0. The normalized spacial score (nSPS) is 20.0. The number of hydrogen-bond donors (Lipinski definition) is 3. The summed E-state index contributed by atoms with van der Waals surface area (Å²) in [6, 6.07) is 0.155. The molecule has 9 nitrogen and oxygen atoms in total. The highest BCUT2D eigenvalue weighted by molar-refractivity contribution is 5.69. The molecule has 0 spiro atoms. The van der Waals surface area contributed by atoms with Gasteiger partial charge < -0.3 is 30.1 Å². The second-order valence-corrected chi connectivity index (χ2v) is 11.6. The summed E-state index contributed by atoms with van der Waals surface area (Å²) in [6.45, 7) is 15.7. The van der Waals surface area contributed by atoms with Gasteiger partial charge in [0.1, 0.15) is 17.4 Å². The summed E-state index contributed by atoms with van der Waals surface area (Å²) in [5.41, 5.74) is -1.07. The molecule has 9 heteroatoms. The SMILES string of the molecule is CC(C)(C)OC(=O)NC1CCN(CCCCC(O)N(C(=O)OC(C)(C)C)C2CCNCC2)CC1. The van der Waals surface area contributed by atoms with Gasteiger partial charge in [0, 0.05) is 25.2 Å². The van der Waals surface area contributed by atoms with Crippen LogP contribution in [0.4, 0.5) is 9.59 Å². The zero-order chi connectivity index (χ0) is 25.4. The molecular formula is C25H48N4O5. The molecule has 0 aromatic heterocycles. The van der Waals surface area contributed by atoms with E-state index in [2.05, 4.69) is 15.5 Å². The molecule has 198 valence electrons. The summed E-state index contributed by atoms with van der Waals surface area (Å²) in [5.74, 6) is 0. The molecule has 2 aliphatic heterocycles. The van der Waals surface area contributed by atoms with Crippen molar-refractivity contribution < 1.29 is 24.2 Å². The van der Waals surface area contributed by atoms with Crippen LogP contribution in [-0.4, -0.2) is 89.3 Å². The minimum Gasteiger partial charge on any atom is -0.444 e. The van der Waals surface area contributed by atoms with Crippen molar-refractivity contribution in [1.29, 1.82) is 0 Å². The molecule has 0 aliphatic carbocycles. The van der Waals surface area contributed by atoms with E-state index in [0.717, 1.165) is 71.2 Å². The first-order valence-corrected chi connectivity index (χ1v) is 13.0. The largest absolute Gasteiger partial charge is 0.444 e. The Hall–Kier alpha value is -1.58. The number of alkyl carbamates (subject to hydrolysis) is 1. The van der Waals surface area contributed by atoms with Crippen LogP contribution in [0.5, 0.6) is 0 Å². The van der Waals surface area contributed by atoms with Gasteiger partial charge in [0.15, 0.2) is 0 Å². The highest BCUT2D eigenvalue weighted by atomic mass is 16.6. The Labute approximate surface area is 205 Å². The molecule has 2 saturated heterocycles. The maximum Gasteiger partial charge on any atom is 0.412 e. The molecule has 1 unspecified atom stereocenters. The average Bonchev–Trinajstić information content (AvgIpc) is 2.70. The molecule has 2 amide bonds. The van der Waals surface area contributed by atoms with Gasteiger partial charge in [-0.25, -0.2) is 9.59 Å². The van der Waals surface area contributed by atoms with Crippen LogP contribution in [0.1, 0.15) is 86.5 Å². The first kappa shape index (κ1) is 28.7. The number of likely N-dealkylation sites (tertiary alicyclic amines) is 1. The third-order valence-corrected chi connectivity index (χ3v) is 6.12. The summed E-state index contributed by atoms with van der Waals surface area (Å²) in [4.78, 5) is 28.8. The lowest BCUT2D eigenvalue weighted by Gasteiger charge is -2.38. The van der Waals surface area contributed by atoms with Gasteiger partial charge in [0.2, 0.25) is 0 Å². The lowest BCUT2D eigenvalue weighted by atomic mass is 10.0. The van der Waals surface area contributed by atoms with Gasteiger partial charge in [-0.3, -0.25) is 4.90 Å². The lowest BCUT2D eigenvalue weighted by Crippen LogP contribution is -2.52. The molecule has 1 atom stereocenters. The molecule has 2 aliphatic rings. The number of hydrogen-bond acceptors (Lipinski definition) is 7. The summed E-state index contributed by atoms with van der Waals surface area (Å²) in [7, 11) is 0. The number of nitrogens with zero attached hydrogens (tertiary/aromatic N) is 2. The first-order valence-electron chi connectivity index (χ1n) is 13.0. The Morgan fingerprint density at radius 2 is 1.59 bits per heavy atom. The van der Waals surface area contributed by atoms with Gasteiger partial charge in [0.25, 0.3) is 0 Å². The number of amides is 2. The third kappa shape index (κ3) is 10.8. The second-order valence-electron chi connectivity index (χ2n) is 11.6. The fourth-order valence-electron chi connectivity index (χ4n) is 4.49. The predicted molar refractivity (Wildman–Crippen MR) is 133 cm³/mol. The van der Waals surface area contributed by atoms with Crippen molar-refractivity contribution >= 4 is 12.2 Å². The highest BCUT2D eigenvalue weighted by Crippen LogP contribution is 2.22. The molecule has 3 N–H and O–H groups in total. The monoisotopic (exact) mass is 484 g/mol. The Morgan fingerprint density at radius 3 is 2.15 bits per heavy atom. The van der Waals surface area contributed by atoms with E-state index in [4.69, 9.17) is 9.47 Å². The number of nitrogens with one attached hydrogen (secondary N) is 2. The van der Waals surface area contributed by atoms with Gasteiger partial charge in [-0.15, -0.1) is 0 Å². The minimum atomic E-state index is -0.832. The summed E-state index contributed by atoms with van der Waals surface area (Å²) in [6.07, 6.45) is 4.19. The van der Waals surface area contributed by atoms with Crippen LogP contribution in [0.25, 0.3) is 0 Å². The fourth-order valence-corrected chi connectivity index (χ4v) is 4.49. The average molecular weight is 485 g/mol. The molecular weight excluding hydrogens is 436 g/mol.